The van der Waals surface area contributed by atoms with Crippen LogP contribution in [-0.2, 0) is 59.5 Å². The van der Waals surface area contributed by atoms with Gasteiger partial charge in [-0.05, 0) is 40.4 Å². The van der Waals surface area contributed by atoms with Gasteiger partial charge in [0.2, 0.25) is 0 Å². The predicted molar refractivity (Wildman–Crippen MR) is 213 cm³/mol. The zero-order valence-corrected chi connectivity index (χ0v) is 33.5. The van der Waals surface area contributed by atoms with E-state index in [1.165, 1.54) is 5.23 Å². The lowest BCUT2D eigenvalue weighted by atomic mass is 9.87. The van der Waals surface area contributed by atoms with Crippen LogP contribution in [0, 0.1) is 5.92 Å². The predicted octanol–water partition coefficient (Wildman–Crippen LogP) is 8.31. The molecule has 0 spiro atoms. The monoisotopic (exact) mass is 771 g/mol. The number of hydroxylamine groups is 2. The number of aliphatic hydroxyl groups excluding tert-OH is 1. The minimum atomic E-state index is -2.52. The summed E-state index contributed by atoms with van der Waals surface area (Å²) in [6.45, 7) is 8.95. The lowest BCUT2D eigenvalue weighted by Crippen LogP contribution is -2.52. The van der Waals surface area contributed by atoms with E-state index >= 15 is 0 Å². The molecule has 6 atom stereocenters. The SMILES string of the molecule is CC[Si](CC)(CC)O[C@@]1(C(=O)O)CC([C@@H](C)C(OCc2ccccc2)[C@H](OCc2ccccc2)C(O)COCc2ccccc2)N(OCc2ccccc2)O1. The Kier molecular flexibility index (Phi) is 16.2. The first-order valence-corrected chi connectivity index (χ1v) is 21.9. The Hall–Kier alpha value is -3.75. The van der Waals surface area contributed by atoms with Crippen LogP contribution in [0.5, 0.6) is 0 Å². The molecule has 2 N–H and O–H groups in total. The van der Waals surface area contributed by atoms with Gasteiger partial charge in [0.1, 0.15) is 12.2 Å². The van der Waals surface area contributed by atoms with E-state index in [4.69, 9.17) is 28.3 Å². The summed E-state index contributed by atoms with van der Waals surface area (Å²) in [4.78, 5) is 26.0. The number of aliphatic hydroxyl groups is 1. The average molecular weight is 772 g/mol. The molecule has 0 amide bonds. The zero-order chi connectivity index (χ0) is 39.1. The van der Waals surface area contributed by atoms with Crippen molar-refractivity contribution in [1.82, 2.24) is 5.23 Å². The number of rotatable bonds is 23. The van der Waals surface area contributed by atoms with E-state index < -0.39 is 50.3 Å². The molecule has 10 nitrogen and oxygen atoms in total. The van der Waals surface area contributed by atoms with Crippen molar-refractivity contribution in [3.8, 4) is 0 Å². The fourth-order valence-corrected chi connectivity index (χ4v) is 9.89. The molecule has 1 aliphatic rings. The highest BCUT2D eigenvalue weighted by molar-refractivity contribution is 6.73. The summed E-state index contributed by atoms with van der Waals surface area (Å²) in [5, 5.41) is 24.1. The highest BCUT2D eigenvalue weighted by Crippen LogP contribution is 2.42. The number of hydrogen-bond donors (Lipinski definition) is 2. The fraction of sp³-hybridized carbons (Fsp3) is 0.432. The molecule has 4 aromatic carbocycles. The van der Waals surface area contributed by atoms with Crippen molar-refractivity contribution in [2.24, 2.45) is 5.92 Å². The van der Waals surface area contributed by atoms with Gasteiger partial charge >= 0.3 is 5.97 Å². The van der Waals surface area contributed by atoms with Gasteiger partial charge in [-0.15, -0.1) is 0 Å². The quantitative estimate of drug-likeness (QED) is 0.0714. The first-order chi connectivity index (χ1) is 26.7. The Bertz CT molecular complexity index is 1670. The number of carbonyl (C=O) groups is 1. The van der Waals surface area contributed by atoms with Crippen molar-refractivity contribution < 1.29 is 43.3 Å². The molecule has 0 aliphatic carbocycles. The van der Waals surface area contributed by atoms with Crippen molar-refractivity contribution >= 4 is 14.3 Å². The topological polar surface area (TPSA) is 116 Å². The van der Waals surface area contributed by atoms with Gasteiger partial charge in [-0.25, -0.2) is 9.63 Å². The molecular formula is C44H57NO9Si. The summed E-state index contributed by atoms with van der Waals surface area (Å²) < 4.78 is 26.2. The minimum absolute atomic E-state index is 0.0263. The van der Waals surface area contributed by atoms with Crippen LogP contribution in [0.2, 0.25) is 18.1 Å². The Balaban J connectivity index is 1.50. The van der Waals surface area contributed by atoms with Gasteiger partial charge in [-0.3, -0.25) is 4.84 Å². The van der Waals surface area contributed by atoms with E-state index in [9.17, 15) is 15.0 Å². The molecule has 296 valence electrons. The fourth-order valence-electron chi connectivity index (χ4n) is 7.05. The average Bonchev–Trinajstić information content (AvgIpc) is 3.61. The number of carboxylic acids is 1. The van der Waals surface area contributed by atoms with Crippen LogP contribution in [0.15, 0.2) is 121 Å². The first kappa shape index (κ1) is 42.4. The molecule has 0 saturated carbocycles. The molecule has 1 saturated heterocycles. The summed E-state index contributed by atoms with van der Waals surface area (Å²) in [6.07, 6.45) is -2.84. The van der Waals surface area contributed by atoms with E-state index in [2.05, 4.69) is 20.8 Å². The number of carboxylic acid groups (broad SMARTS) is 1. The summed E-state index contributed by atoms with van der Waals surface area (Å²) >= 11 is 0. The lowest BCUT2D eigenvalue weighted by molar-refractivity contribution is -0.415. The number of aliphatic carboxylic acids is 1. The number of nitrogens with zero attached hydrogens (tertiary/aromatic N) is 1. The maximum absolute atomic E-state index is 13.3. The third-order valence-corrected chi connectivity index (χ3v) is 15.3. The van der Waals surface area contributed by atoms with Crippen molar-refractivity contribution in [2.45, 2.75) is 109 Å². The van der Waals surface area contributed by atoms with Gasteiger partial charge in [0.25, 0.3) is 5.79 Å². The van der Waals surface area contributed by atoms with Gasteiger partial charge in [0.15, 0.2) is 8.32 Å². The van der Waals surface area contributed by atoms with Gasteiger partial charge in [-0.1, -0.05) is 154 Å². The molecule has 11 heteroatoms. The van der Waals surface area contributed by atoms with Crippen LogP contribution in [-0.4, -0.2) is 66.5 Å². The largest absolute Gasteiger partial charge is 0.477 e. The third-order valence-electron chi connectivity index (χ3n) is 10.6. The molecule has 0 aromatic heterocycles. The highest BCUT2D eigenvalue weighted by Gasteiger charge is 2.59. The van der Waals surface area contributed by atoms with Crippen LogP contribution >= 0.6 is 0 Å². The van der Waals surface area contributed by atoms with Crippen LogP contribution in [0.25, 0.3) is 0 Å². The molecule has 3 unspecified atom stereocenters. The van der Waals surface area contributed by atoms with Gasteiger partial charge < -0.3 is 28.8 Å². The summed E-state index contributed by atoms with van der Waals surface area (Å²) in [5.41, 5.74) is 3.73. The highest BCUT2D eigenvalue weighted by atomic mass is 28.4. The van der Waals surface area contributed by atoms with E-state index in [1.54, 1.807) is 0 Å². The van der Waals surface area contributed by atoms with Crippen LogP contribution in [0.3, 0.4) is 0 Å². The number of benzene rings is 4. The normalized spacial score (nSPS) is 19.8. The van der Waals surface area contributed by atoms with Gasteiger partial charge in [0.05, 0.1) is 45.2 Å². The molecule has 4 aromatic rings. The first-order valence-electron chi connectivity index (χ1n) is 19.4. The Morgan fingerprint density at radius 3 is 1.62 bits per heavy atom. The minimum Gasteiger partial charge on any atom is -0.477 e. The maximum atomic E-state index is 13.3. The zero-order valence-electron chi connectivity index (χ0n) is 32.5. The molecule has 0 radical (unpaired) electrons. The van der Waals surface area contributed by atoms with Crippen LogP contribution in [0.1, 0.15) is 56.4 Å². The molecule has 1 aliphatic heterocycles. The Morgan fingerprint density at radius 2 is 1.16 bits per heavy atom. The van der Waals surface area contributed by atoms with Crippen LogP contribution < -0.4 is 0 Å². The maximum Gasteiger partial charge on any atom is 0.365 e. The van der Waals surface area contributed by atoms with E-state index in [1.807, 2.05) is 128 Å². The molecule has 5 rings (SSSR count). The second-order valence-corrected chi connectivity index (χ2v) is 19.0. The van der Waals surface area contributed by atoms with Gasteiger partial charge in [0, 0.05) is 12.3 Å². The van der Waals surface area contributed by atoms with Crippen molar-refractivity contribution in [3.63, 3.8) is 0 Å². The molecular weight excluding hydrogens is 715 g/mol. The third kappa shape index (κ3) is 11.6. The lowest BCUT2D eigenvalue weighted by Gasteiger charge is -2.38. The Morgan fingerprint density at radius 1 is 0.727 bits per heavy atom. The summed E-state index contributed by atoms with van der Waals surface area (Å²) in [7, 11) is -2.52. The van der Waals surface area contributed by atoms with Crippen molar-refractivity contribution in [2.75, 3.05) is 6.61 Å². The van der Waals surface area contributed by atoms with E-state index in [0.717, 1.165) is 40.4 Å². The summed E-state index contributed by atoms with van der Waals surface area (Å²) in [6, 6.07) is 40.5. The smallest absolute Gasteiger partial charge is 0.365 e. The molecule has 55 heavy (non-hydrogen) atoms. The number of ether oxygens (including phenoxy) is 3. The van der Waals surface area contributed by atoms with Crippen molar-refractivity contribution in [3.05, 3.63) is 144 Å². The van der Waals surface area contributed by atoms with E-state index in [-0.39, 0.29) is 32.8 Å². The van der Waals surface area contributed by atoms with Crippen molar-refractivity contribution in [1.29, 1.82) is 0 Å². The molecule has 1 heterocycles. The number of hydrogen-bond acceptors (Lipinski definition) is 9. The summed E-state index contributed by atoms with van der Waals surface area (Å²) in [5.74, 6) is -3.71. The Labute approximate surface area is 326 Å². The van der Waals surface area contributed by atoms with Gasteiger partial charge in [-0.2, -0.15) is 0 Å². The van der Waals surface area contributed by atoms with E-state index in [0.29, 0.717) is 6.61 Å². The second kappa shape index (κ2) is 21.0. The molecule has 1 fully saturated rings. The second-order valence-electron chi connectivity index (χ2n) is 14.3. The van der Waals surface area contributed by atoms with Crippen LogP contribution in [0.4, 0.5) is 0 Å². The standard InChI is InChI=1S/C44H57NO9Si/c1-5-55(6-2,7-3)54-44(43(47)48)28-39(45(53-44)52-32-38-26-18-11-19-27-38)34(4)41(50-30-36-22-14-9-15-23-36)42(51-31-37-24-16-10-17-25-37)40(46)33-49-29-35-20-12-8-13-21-35/h8-27,34,39-42,46H,5-7,28-33H2,1-4H3,(H,47,48)/t34-,39?,40?,41?,42-,44-/m1/s1. The molecule has 0 bridgehead atoms.